The molecule has 6 nitrogen and oxygen atoms in total. The van der Waals surface area contributed by atoms with E-state index in [-0.39, 0.29) is 5.82 Å². The number of benzene rings is 1. The van der Waals surface area contributed by atoms with Gasteiger partial charge in [-0.2, -0.15) is 0 Å². The molecular weight excluding hydrogens is 345 g/mol. The number of hydrogen-bond donors (Lipinski definition) is 1. The first-order valence-electron chi connectivity index (χ1n) is 9.22. The van der Waals surface area contributed by atoms with Crippen molar-refractivity contribution in [2.75, 3.05) is 44.7 Å². The molecule has 0 aliphatic carbocycles. The SMILES string of the molecule is CCNC(=NCc1ccnc(OC)c1)N1CCN(c2ccc(F)cc2)CC1. The van der Waals surface area contributed by atoms with Crippen LogP contribution in [0, 0.1) is 5.82 Å². The molecule has 0 spiro atoms. The van der Waals surface area contributed by atoms with E-state index >= 15 is 0 Å². The Balaban J connectivity index is 1.62. The van der Waals surface area contributed by atoms with Gasteiger partial charge in [-0.1, -0.05) is 0 Å². The van der Waals surface area contributed by atoms with Crippen molar-refractivity contribution in [3.05, 3.63) is 54.0 Å². The number of methoxy groups -OCH3 is 1. The Morgan fingerprint density at radius 3 is 2.59 bits per heavy atom. The van der Waals surface area contributed by atoms with Gasteiger partial charge in [0.25, 0.3) is 0 Å². The highest BCUT2D eigenvalue weighted by molar-refractivity contribution is 5.80. The molecule has 0 bridgehead atoms. The van der Waals surface area contributed by atoms with Gasteiger partial charge < -0.3 is 19.9 Å². The molecule has 0 unspecified atom stereocenters. The number of piperazine rings is 1. The molecule has 1 aromatic carbocycles. The van der Waals surface area contributed by atoms with Gasteiger partial charge in [-0.3, -0.25) is 0 Å². The van der Waals surface area contributed by atoms with Crippen molar-refractivity contribution in [3.8, 4) is 5.88 Å². The third kappa shape index (κ3) is 5.09. The second-order valence-corrected chi connectivity index (χ2v) is 6.33. The highest BCUT2D eigenvalue weighted by Gasteiger charge is 2.19. The van der Waals surface area contributed by atoms with Gasteiger partial charge in [-0.05, 0) is 42.8 Å². The van der Waals surface area contributed by atoms with E-state index in [1.807, 2.05) is 24.3 Å². The molecule has 2 aromatic rings. The average molecular weight is 371 g/mol. The largest absolute Gasteiger partial charge is 0.481 e. The molecule has 2 heterocycles. The molecule has 1 saturated heterocycles. The second kappa shape index (κ2) is 9.21. The molecule has 1 N–H and O–H groups in total. The number of rotatable bonds is 5. The Kier molecular flexibility index (Phi) is 6.46. The number of pyridine rings is 1. The van der Waals surface area contributed by atoms with Crippen molar-refractivity contribution in [1.82, 2.24) is 15.2 Å². The summed E-state index contributed by atoms with van der Waals surface area (Å²) < 4.78 is 18.3. The quantitative estimate of drug-likeness (QED) is 0.647. The van der Waals surface area contributed by atoms with Crippen LogP contribution in [0.15, 0.2) is 47.6 Å². The van der Waals surface area contributed by atoms with Crippen molar-refractivity contribution < 1.29 is 9.13 Å². The Labute approximate surface area is 159 Å². The smallest absolute Gasteiger partial charge is 0.213 e. The number of aromatic nitrogens is 1. The Bertz CT molecular complexity index is 757. The number of guanidine groups is 1. The Hall–Kier alpha value is -2.83. The summed E-state index contributed by atoms with van der Waals surface area (Å²) >= 11 is 0. The van der Waals surface area contributed by atoms with Crippen molar-refractivity contribution >= 4 is 11.6 Å². The molecule has 0 saturated carbocycles. The van der Waals surface area contributed by atoms with E-state index in [0.29, 0.717) is 12.4 Å². The fourth-order valence-electron chi connectivity index (χ4n) is 3.08. The van der Waals surface area contributed by atoms with Gasteiger partial charge in [-0.15, -0.1) is 0 Å². The molecule has 1 fully saturated rings. The van der Waals surface area contributed by atoms with Gasteiger partial charge in [-0.25, -0.2) is 14.4 Å². The lowest BCUT2D eigenvalue weighted by molar-refractivity contribution is 0.372. The van der Waals surface area contributed by atoms with Crippen molar-refractivity contribution in [2.45, 2.75) is 13.5 Å². The number of ether oxygens (including phenoxy) is 1. The fraction of sp³-hybridized carbons (Fsp3) is 0.400. The predicted molar refractivity (Wildman–Crippen MR) is 106 cm³/mol. The predicted octanol–water partition coefficient (Wildman–Crippen LogP) is 2.52. The molecule has 0 atom stereocenters. The molecule has 7 heteroatoms. The molecule has 0 radical (unpaired) electrons. The topological polar surface area (TPSA) is 53.0 Å². The second-order valence-electron chi connectivity index (χ2n) is 6.33. The van der Waals surface area contributed by atoms with E-state index in [4.69, 9.17) is 9.73 Å². The zero-order valence-corrected chi connectivity index (χ0v) is 15.9. The maximum atomic E-state index is 13.1. The summed E-state index contributed by atoms with van der Waals surface area (Å²) in [5.74, 6) is 1.30. The van der Waals surface area contributed by atoms with Gasteiger partial charge in [0.15, 0.2) is 5.96 Å². The van der Waals surface area contributed by atoms with Gasteiger partial charge >= 0.3 is 0 Å². The molecular formula is C20H26FN5O. The number of anilines is 1. The van der Waals surface area contributed by atoms with E-state index in [1.165, 1.54) is 12.1 Å². The molecule has 1 aliphatic heterocycles. The molecule has 27 heavy (non-hydrogen) atoms. The average Bonchev–Trinajstić information content (AvgIpc) is 2.72. The summed E-state index contributed by atoms with van der Waals surface area (Å²) in [6.45, 7) is 6.93. The highest BCUT2D eigenvalue weighted by atomic mass is 19.1. The molecule has 1 aliphatic rings. The standard InChI is InChI=1S/C20H26FN5O/c1-3-22-20(24-15-16-8-9-23-19(14-16)27-2)26-12-10-25(11-13-26)18-6-4-17(21)5-7-18/h4-9,14H,3,10-13,15H2,1-2H3,(H,22,24). The summed E-state index contributed by atoms with van der Waals surface area (Å²) in [5, 5.41) is 3.37. The van der Waals surface area contributed by atoms with Crippen LogP contribution in [0.5, 0.6) is 5.88 Å². The van der Waals surface area contributed by atoms with Crippen molar-refractivity contribution in [1.29, 1.82) is 0 Å². The normalized spacial score (nSPS) is 15.0. The number of nitrogens with one attached hydrogen (secondary N) is 1. The van der Waals surface area contributed by atoms with Crippen LogP contribution in [0.2, 0.25) is 0 Å². The lowest BCUT2D eigenvalue weighted by Crippen LogP contribution is -2.52. The van der Waals surface area contributed by atoms with Gasteiger partial charge in [0.2, 0.25) is 5.88 Å². The number of aliphatic imine (C=N–C) groups is 1. The van der Waals surface area contributed by atoms with Crippen LogP contribution in [0.4, 0.5) is 10.1 Å². The maximum Gasteiger partial charge on any atom is 0.213 e. The monoisotopic (exact) mass is 371 g/mol. The van der Waals surface area contributed by atoms with E-state index in [1.54, 1.807) is 13.3 Å². The highest BCUT2D eigenvalue weighted by Crippen LogP contribution is 2.17. The molecule has 144 valence electrons. The first-order chi connectivity index (χ1) is 13.2. The van der Waals surface area contributed by atoms with Gasteiger partial charge in [0, 0.05) is 50.7 Å². The van der Waals surface area contributed by atoms with Gasteiger partial charge in [0.05, 0.1) is 13.7 Å². The minimum Gasteiger partial charge on any atom is -0.481 e. The maximum absolute atomic E-state index is 13.1. The van der Waals surface area contributed by atoms with Crippen molar-refractivity contribution in [3.63, 3.8) is 0 Å². The summed E-state index contributed by atoms with van der Waals surface area (Å²) in [7, 11) is 1.61. The molecule has 1 aromatic heterocycles. The minimum absolute atomic E-state index is 0.202. The number of hydrogen-bond acceptors (Lipinski definition) is 4. The van der Waals surface area contributed by atoms with E-state index < -0.39 is 0 Å². The van der Waals surface area contributed by atoms with Crippen LogP contribution >= 0.6 is 0 Å². The van der Waals surface area contributed by atoms with E-state index in [0.717, 1.165) is 49.9 Å². The fourth-order valence-corrected chi connectivity index (χ4v) is 3.08. The van der Waals surface area contributed by atoms with Crippen LogP contribution in [0.3, 0.4) is 0 Å². The lowest BCUT2D eigenvalue weighted by Gasteiger charge is -2.37. The van der Waals surface area contributed by atoms with E-state index in [2.05, 4.69) is 27.0 Å². The number of halogens is 1. The third-order valence-corrected chi connectivity index (χ3v) is 4.53. The van der Waals surface area contributed by atoms with Crippen LogP contribution in [0.1, 0.15) is 12.5 Å². The van der Waals surface area contributed by atoms with Crippen LogP contribution in [-0.2, 0) is 6.54 Å². The first-order valence-corrected chi connectivity index (χ1v) is 9.22. The Morgan fingerprint density at radius 2 is 1.93 bits per heavy atom. The van der Waals surface area contributed by atoms with Crippen molar-refractivity contribution in [2.24, 2.45) is 4.99 Å². The van der Waals surface area contributed by atoms with Gasteiger partial charge in [0.1, 0.15) is 5.82 Å². The minimum atomic E-state index is -0.202. The zero-order valence-electron chi connectivity index (χ0n) is 15.9. The van der Waals surface area contributed by atoms with Crippen LogP contribution < -0.4 is 15.0 Å². The summed E-state index contributed by atoms with van der Waals surface area (Å²) in [5.41, 5.74) is 2.11. The summed E-state index contributed by atoms with van der Waals surface area (Å²) in [4.78, 5) is 13.4. The molecule has 0 amide bonds. The first kappa shape index (κ1) is 18.9. The lowest BCUT2D eigenvalue weighted by atomic mass is 10.2. The van der Waals surface area contributed by atoms with E-state index in [9.17, 15) is 4.39 Å². The number of nitrogens with zero attached hydrogens (tertiary/aromatic N) is 4. The summed E-state index contributed by atoms with van der Waals surface area (Å²) in [6, 6.07) is 10.5. The summed E-state index contributed by atoms with van der Waals surface area (Å²) in [6.07, 6.45) is 1.73. The van der Waals surface area contributed by atoms with Crippen LogP contribution in [0.25, 0.3) is 0 Å². The third-order valence-electron chi connectivity index (χ3n) is 4.53. The Morgan fingerprint density at radius 1 is 1.19 bits per heavy atom. The zero-order chi connectivity index (χ0) is 19.1. The molecule has 3 rings (SSSR count). The van der Waals surface area contributed by atoms with Crippen LogP contribution in [-0.4, -0.2) is 55.7 Å².